The van der Waals surface area contributed by atoms with E-state index in [1.54, 1.807) is 9.80 Å². The molecule has 1 aromatic carbocycles. The molecular formula is C24H27ClN4O2. The van der Waals surface area contributed by atoms with Crippen LogP contribution >= 0.6 is 11.6 Å². The summed E-state index contributed by atoms with van der Waals surface area (Å²) in [6.45, 7) is 5.48. The zero-order valence-corrected chi connectivity index (χ0v) is 18.7. The highest BCUT2D eigenvalue weighted by atomic mass is 35.5. The Morgan fingerprint density at radius 2 is 1.84 bits per heavy atom. The van der Waals surface area contributed by atoms with Gasteiger partial charge in [-0.3, -0.25) is 14.6 Å². The molecule has 0 atom stereocenters. The average Bonchev–Trinajstić information content (AvgIpc) is 3.56. The Hall–Kier alpha value is -2.60. The number of amides is 2. The van der Waals surface area contributed by atoms with E-state index < -0.39 is 5.54 Å². The summed E-state index contributed by atoms with van der Waals surface area (Å²) in [5.41, 5.74) is 2.35. The second-order valence-electron chi connectivity index (χ2n) is 9.23. The van der Waals surface area contributed by atoms with E-state index in [-0.39, 0.29) is 24.4 Å². The Balaban J connectivity index is 1.43. The van der Waals surface area contributed by atoms with Gasteiger partial charge in [0.25, 0.3) is 5.91 Å². The minimum absolute atomic E-state index is 0.00343. The van der Waals surface area contributed by atoms with Crippen molar-refractivity contribution in [2.45, 2.75) is 50.7 Å². The first-order valence-electron chi connectivity index (χ1n) is 10.9. The number of pyridine rings is 1. The summed E-state index contributed by atoms with van der Waals surface area (Å²) >= 11 is 6.03. The molecule has 2 aliphatic heterocycles. The van der Waals surface area contributed by atoms with Crippen LogP contribution in [-0.2, 0) is 16.1 Å². The van der Waals surface area contributed by atoms with E-state index in [4.69, 9.17) is 11.6 Å². The molecule has 2 saturated heterocycles. The quantitative estimate of drug-likeness (QED) is 0.717. The van der Waals surface area contributed by atoms with Gasteiger partial charge in [-0.05, 0) is 56.5 Å². The van der Waals surface area contributed by atoms with Gasteiger partial charge in [-0.25, -0.2) is 0 Å². The zero-order valence-electron chi connectivity index (χ0n) is 17.9. The van der Waals surface area contributed by atoms with Gasteiger partial charge in [0.15, 0.2) is 5.54 Å². The van der Waals surface area contributed by atoms with Crippen LogP contribution in [0, 0.1) is 0 Å². The van der Waals surface area contributed by atoms with Gasteiger partial charge in [0.2, 0.25) is 5.91 Å². The van der Waals surface area contributed by atoms with E-state index in [0.717, 1.165) is 16.9 Å². The monoisotopic (exact) mass is 438 g/mol. The predicted octanol–water partition coefficient (Wildman–Crippen LogP) is 3.45. The van der Waals surface area contributed by atoms with Crippen molar-refractivity contribution in [1.82, 2.24) is 14.8 Å². The highest BCUT2D eigenvalue weighted by Crippen LogP contribution is 2.42. The Bertz CT molecular complexity index is 1010. The Morgan fingerprint density at radius 1 is 1.13 bits per heavy atom. The minimum Gasteiger partial charge on any atom is -0.365 e. The molecular weight excluding hydrogens is 412 g/mol. The maximum atomic E-state index is 13.6. The summed E-state index contributed by atoms with van der Waals surface area (Å²) in [5.74, 6) is 0.617. The van der Waals surface area contributed by atoms with Gasteiger partial charge >= 0.3 is 0 Å². The molecule has 3 heterocycles. The molecule has 3 fully saturated rings. The number of nitrogens with zero attached hydrogens (tertiary/aromatic N) is 4. The summed E-state index contributed by atoms with van der Waals surface area (Å²) in [7, 11) is 0. The maximum absolute atomic E-state index is 13.6. The topological polar surface area (TPSA) is 56.8 Å². The van der Waals surface area contributed by atoms with Crippen molar-refractivity contribution in [3.05, 3.63) is 58.9 Å². The molecule has 0 N–H and O–H groups in total. The lowest BCUT2D eigenvalue weighted by Gasteiger charge is -2.59. The highest BCUT2D eigenvalue weighted by molar-refractivity contribution is 6.30. The van der Waals surface area contributed by atoms with Crippen molar-refractivity contribution in [2.75, 3.05) is 24.5 Å². The zero-order chi connectivity index (χ0) is 21.8. The standard InChI is InChI=1S/C24H27ClN4O2/c1-16(2)28-13-22(30)29(12-17-3-7-19(25)8-4-17)24(23(28)31)14-27(15-24)20-9-10-26-21(11-20)18-5-6-18/h3-4,7-11,16,18H,5-6,12-15H2,1-2H3. The molecule has 1 aliphatic carbocycles. The van der Waals surface area contributed by atoms with Crippen LogP contribution < -0.4 is 4.90 Å². The molecule has 0 bridgehead atoms. The number of halogens is 1. The summed E-state index contributed by atoms with van der Waals surface area (Å²) in [6, 6.07) is 11.6. The first-order chi connectivity index (χ1) is 14.9. The molecule has 1 saturated carbocycles. The molecule has 2 amide bonds. The van der Waals surface area contributed by atoms with Gasteiger partial charge in [0.05, 0.1) is 13.1 Å². The summed E-state index contributed by atoms with van der Waals surface area (Å²) in [4.78, 5) is 37.0. The van der Waals surface area contributed by atoms with Crippen molar-refractivity contribution in [1.29, 1.82) is 0 Å². The van der Waals surface area contributed by atoms with Gasteiger partial charge < -0.3 is 14.7 Å². The van der Waals surface area contributed by atoms with Crippen molar-refractivity contribution >= 4 is 29.1 Å². The SMILES string of the molecule is CC(C)N1CC(=O)N(Cc2ccc(Cl)cc2)C2(CN(c3ccnc(C4CC4)c3)C2)C1=O. The van der Waals surface area contributed by atoms with E-state index in [2.05, 4.69) is 16.0 Å². The van der Waals surface area contributed by atoms with E-state index in [9.17, 15) is 9.59 Å². The number of rotatable bonds is 5. The fourth-order valence-electron chi connectivity index (χ4n) is 4.66. The third-order valence-electron chi connectivity index (χ3n) is 6.69. The number of hydrogen-bond acceptors (Lipinski definition) is 4. The second-order valence-corrected chi connectivity index (χ2v) is 9.67. The van der Waals surface area contributed by atoms with E-state index in [1.165, 1.54) is 12.8 Å². The largest absolute Gasteiger partial charge is 0.365 e. The third-order valence-corrected chi connectivity index (χ3v) is 6.94. The fourth-order valence-corrected chi connectivity index (χ4v) is 4.79. The Morgan fingerprint density at radius 3 is 2.48 bits per heavy atom. The molecule has 31 heavy (non-hydrogen) atoms. The molecule has 5 rings (SSSR count). The average molecular weight is 439 g/mol. The number of benzene rings is 1. The normalized spacial score (nSPS) is 20.6. The first-order valence-corrected chi connectivity index (χ1v) is 11.3. The predicted molar refractivity (Wildman–Crippen MR) is 120 cm³/mol. The van der Waals surface area contributed by atoms with Crippen molar-refractivity contribution in [3.8, 4) is 0 Å². The molecule has 0 unspecified atom stereocenters. The molecule has 6 nitrogen and oxygen atoms in total. The van der Waals surface area contributed by atoms with Gasteiger partial charge in [0.1, 0.15) is 6.54 Å². The van der Waals surface area contributed by atoms with Gasteiger partial charge in [-0.2, -0.15) is 0 Å². The van der Waals surface area contributed by atoms with Crippen LogP contribution in [0.25, 0.3) is 0 Å². The molecule has 2 aromatic rings. The van der Waals surface area contributed by atoms with Crippen LogP contribution in [0.4, 0.5) is 5.69 Å². The van der Waals surface area contributed by atoms with Crippen LogP contribution in [0.1, 0.15) is 43.9 Å². The number of hydrogen-bond donors (Lipinski definition) is 0. The Kier molecular flexibility index (Phi) is 4.93. The molecule has 1 spiro atoms. The second kappa shape index (κ2) is 7.52. The molecule has 7 heteroatoms. The van der Waals surface area contributed by atoms with Crippen molar-refractivity contribution in [3.63, 3.8) is 0 Å². The van der Waals surface area contributed by atoms with Gasteiger partial charge in [-0.1, -0.05) is 23.7 Å². The number of piperazine rings is 1. The molecule has 0 radical (unpaired) electrons. The lowest BCUT2D eigenvalue weighted by Crippen LogP contribution is -2.81. The number of carbonyl (C=O) groups is 2. The van der Waals surface area contributed by atoms with E-state index in [0.29, 0.717) is 30.6 Å². The van der Waals surface area contributed by atoms with Crippen molar-refractivity contribution in [2.24, 2.45) is 0 Å². The van der Waals surface area contributed by atoms with Crippen LogP contribution in [0.15, 0.2) is 42.6 Å². The van der Waals surface area contributed by atoms with Crippen molar-refractivity contribution < 1.29 is 9.59 Å². The molecule has 162 valence electrons. The van der Waals surface area contributed by atoms with E-state index in [1.807, 2.05) is 50.4 Å². The summed E-state index contributed by atoms with van der Waals surface area (Å²) in [5, 5.41) is 0.657. The van der Waals surface area contributed by atoms with Crippen LogP contribution in [-0.4, -0.2) is 57.8 Å². The first kappa shape index (κ1) is 20.3. The lowest BCUT2D eigenvalue weighted by atomic mass is 9.82. The fraction of sp³-hybridized carbons (Fsp3) is 0.458. The van der Waals surface area contributed by atoms with Crippen LogP contribution in [0.5, 0.6) is 0 Å². The number of aromatic nitrogens is 1. The van der Waals surface area contributed by atoms with Gasteiger partial charge in [-0.15, -0.1) is 0 Å². The third kappa shape index (κ3) is 3.57. The summed E-state index contributed by atoms with van der Waals surface area (Å²) in [6.07, 6.45) is 4.25. The highest BCUT2D eigenvalue weighted by Gasteiger charge is 2.59. The lowest BCUT2D eigenvalue weighted by molar-refractivity contribution is -0.170. The minimum atomic E-state index is -0.831. The molecule has 1 aromatic heterocycles. The smallest absolute Gasteiger partial charge is 0.252 e. The maximum Gasteiger partial charge on any atom is 0.252 e. The van der Waals surface area contributed by atoms with Crippen LogP contribution in [0.3, 0.4) is 0 Å². The molecule has 3 aliphatic rings. The van der Waals surface area contributed by atoms with Crippen LogP contribution in [0.2, 0.25) is 5.02 Å². The Labute approximate surface area is 187 Å². The number of carbonyl (C=O) groups excluding carboxylic acids is 2. The number of anilines is 1. The van der Waals surface area contributed by atoms with Gasteiger partial charge in [0, 0.05) is 41.1 Å². The van der Waals surface area contributed by atoms with E-state index >= 15 is 0 Å². The summed E-state index contributed by atoms with van der Waals surface area (Å²) < 4.78 is 0.